The van der Waals surface area contributed by atoms with Gasteiger partial charge in [0.05, 0.1) is 22.4 Å². The summed E-state index contributed by atoms with van der Waals surface area (Å²) in [5.41, 5.74) is 17.5. The molecular formula is C60H40N2O. The molecule has 0 unspecified atom stereocenters. The van der Waals surface area contributed by atoms with Crippen molar-refractivity contribution in [3.8, 4) is 50.2 Å². The smallest absolute Gasteiger partial charge is 0.143 e. The first-order valence-corrected chi connectivity index (χ1v) is 21.5. The number of furan rings is 1. The number of benzene rings is 10. The highest BCUT2D eigenvalue weighted by atomic mass is 16.3. The Labute approximate surface area is 366 Å². The zero-order chi connectivity index (χ0) is 41.7. The number of rotatable bonds is 8. The van der Waals surface area contributed by atoms with E-state index >= 15 is 0 Å². The van der Waals surface area contributed by atoms with Crippen molar-refractivity contribution in [1.82, 2.24) is 4.57 Å². The van der Waals surface area contributed by atoms with Gasteiger partial charge in [0, 0.05) is 49.6 Å². The summed E-state index contributed by atoms with van der Waals surface area (Å²) in [5.74, 6) is 0. The van der Waals surface area contributed by atoms with Gasteiger partial charge in [-0.25, -0.2) is 0 Å². The lowest BCUT2D eigenvalue weighted by atomic mass is 9.94. The molecule has 0 fully saturated rings. The number of hydrogen-bond donors (Lipinski definition) is 0. The second kappa shape index (κ2) is 15.3. The topological polar surface area (TPSA) is 21.3 Å². The Bertz CT molecular complexity index is 3600. The van der Waals surface area contributed by atoms with Gasteiger partial charge in [0.25, 0.3) is 0 Å². The van der Waals surface area contributed by atoms with Gasteiger partial charge in [-0.15, -0.1) is 0 Å². The minimum absolute atomic E-state index is 0.880. The summed E-state index contributed by atoms with van der Waals surface area (Å²) in [6, 6.07) is 87.1. The van der Waals surface area contributed by atoms with Crippen LogP contribution < -0.4 is 4.90 Å². The van der Waals surface area contributed by atoms with Crippen molar-refractivity contribution < 1.29 is 4.42 Å². The van der Waals surface area contributed by atoms with Crippen LogP contribution in [0.4, 0.5) is 17.1 Å². The maximum atomic E-state index is 6.68. The summed E-state index contributed by atoms with van der Waals surface area (Å²) < 4.78 is 9.10. The fourth-order valence-electron chi connectivity index (χ4n) is 9.61. The average molecular weight is 805 g/mol. The van der Waals surface area contributed by atoms with E-state index in [4.69, 9.17) is 4.42 Å². The minimum atomic E-state index is 0.880. The summed E-state index contributed by atoms with van der Waals surface area (Å²) in [6.45, 7) is 0. The number of aromatic nitrogens is 1. The molecule has 0 aliphatic carbocycles. The largest absolute Gasteiger partial charge is 0.455 e. The summed E-state index contributed by atoms with van der Waals surface area (Å²) >= 11 is 0. The molecule has 0 saturated heterocycles. The monoisotopic (exact) mass is 804 g/mol. The van der Waals surface area contributed by atoms with Crippen LogP contribution in [-0.2, 0) is 0 Å². The Balaban J connectivity index is 1.08. The van der Waals surface area contributed by atoms with Crippen LogP contribution in [0.15, 0.2) is 247 Å². The molecule has 0 bridgehead atoms. The molecule has 0 aliphatic rings. The number of nitrogens with zero attached hydrogens (tertiary/aromatic N) is 2. The van der Waals surface area contributed by atoms with Gasteiger partial charge in [0.1, 0.15) is 11.2 Å². The molecular weight excluding hydrogens is 765 g/mol. The molecule has 3 heteroatoms. The second-order valence-corrected chi connectivity index (χ2v) is 16.0. The summed E-state index contributed by atoms with van der Waals surface area (Å²) in [4.78, 5) is 2.41. The molecule has 12 rings (SSSR count). The van der Waals surface area contributed by atoms with Crippen molar-refractivity contribution >= 4 is 60.8 Å². The summed E-state index contributed by atoms with van der Waals surface area (Å²) in [7, 11) is 0. The van der Waals surface area contributed by atoms with Crippen LogP contribution in [0.25, 0.3) is 93.9 Å². The van der Waals surface area contributed by atoms with Crippen LogP contribution in [0.2, 0.25) is 0 Å². The lowest BCUT2D eigenvalue weighted by Crippen LogP contribution is -2.11. The zero-order valence-corrected chi connectivity index (χ0v) is 34.4. The van der Waals surface area contributed by atoms with Crippen LogP contribution in [0.3, 0.4) is 0 Å². The van der Waals surface area contributed by atoms with Crippen molar-refractivity contribution in [2.75, 3.05) is 4.90 Å². The first-order valence-electron chi connectivity index (χ1n) is 21.5. The first kappa shape index (κ1) is 36.5. The quantitative estimate of drug-likeness (QED) is 0.153. The van der Waals surface area contributed by atoms with Crippen molar-refractivity contribution in [3.05, 3.63) is 243 Å². The van der Waals surface area contributed by atoms with E-state index in [1.54, 1.807) is 0 Å². The van der Waals surface area contributed by atoms with Gasteiger partial charge in [0.15, 0.2) is 0 Å². The highest BCUT2D eigenvalue weighted by Crippen LogP contribution is 2.46. The SMILES string of the molecule is c1ccc(-c2ccccc2-c2cccc(N(c3cccc(-c4ccccc4-n4c5ccccc5c5ccccc54)c3)c3ccccc3-c3cccc4c3oc3ccccc34)c2)cc1. The average Bonchev–Trinajstić information content (AvgIpc) is 3.91. The van der Waals surface area contributed by atoms with Gasteiger partial charge in [-0.1, -0.05) is 188 Å². The van der Waals surface area contributed by atoms with Gasteiger partial charge < -0.3 is 13.9 Å². The summed E-state index contributed by atoms with van der Waals surface area (Å²) in [5, 5.41) is 4.70. The Morgan fingerprint density at radius 1 is 0.317 bits per heavy atom. The van der Waals surface area contributed by atoms with E-state index in [0.717, 1.165) is 72.5 Å². The molecule has 0 N–H and O–H groups in total. The number of anilines is 3. The molecule has 0 spiro atoms. The maximum Gasteiger partial charge on any atom is 0.143 e. The van der Waals surface area contributed by atoms with Crippen LogP contribution in [0, 0.1) is 0 Å². The van der Waals surface area contributed by atoms with Crippen molar-refractivity contribution in [1.29, 1.82) is 0 Å². The van der Waals surface area contributed by atoms with Gasteiger partial charge in [-0.05, 0) is 82.4 Å². The van der Waals surface area contributed by atoms with Crippen molar-refractivity contribution in [2.45, 2.75) is 0 Å². The fourth-order valence-corrected chi connectivity index (χ4v) is 9.61. The van der Waals surface area contributed by atoms with E-state index in [9.17, 15) is 0 Å². The third-order valence-corrected chi connectivity index (χ3v) is 12.4. The van der Waals surface area contributed by atoms with Gasteiger partial charge in [0.2, 0.25) is 0 Å². The van der Waals surface area contributed by atoms with E-state index in [2.05, 4.69) is 246 Å². The number of para-hydroxylation sites is 6. The fraction of sp³-hybridized carbons (Fsp3) is 0. The van der Waals surface area contributed by atoms with E-state index in [1.807, 2.05) is 6.07 Å². The maximum absolute atomic E-state index is 6.68. The first-order chi connectivity index (χ1) is 31.3. The Hall–Kier alpha value is -8.40. The van der Waals surface area contributed by atoms with E-state index in [1.165, 1.54) is 38.5 Å². The second-order valence-electron chi connectivity index (χ2n) is 16.0. The third kappa shape index (κ3) is 6.21. The molecule has 0 amide bonds. The highest BCUT2D eigenvalue weighted by molar-refractivity contribution is 6.11. The van der Waals surface area contributed by atoms with Gasteiger partial charge in [-0.3, -0.25) is 0 Å². The molecule has 0 radical (unpaired) electrons. The van der Waals surface area contributed by atoms with E-state index in [0.29, 0.717) is 0 Å². The summed E-state index contributed by atoms with van der Waals surface area (Å²) in [6.07, 6.45) is 0. The molecule has 2 aromatic heterocycles. The third-order valence-electron chi connectivity index (χ3n) is 12.4. The zero-order valence-electron chi connectivity index (χ0n) is 34.4. The Kier molecular flexibility index (Phi) is 8.83. The van der Waals surface area contributed by atoms with Gasteiger partial charge in [-0.2, -0.15) is 0 Å². The number of fused-ring (bicyclic) bond motifs is 6. The van der Waals surface area contributed by atoms with Crippen LogP contribution in [0.1, 0.15) is 0 Å². The molecule has 296 valence electrons. The van der Waals surface area contributed by atoms with Crippen molar-refractivity contribution in [2.24, 2.45) is 0 Å². The van der Waals surface area contributed by atoms with E-state index < -0.39 is 0 Å². The lowest BCUT2D eigenvalue weighted by Gasteiger charge is -2.29. The number of hydrogen-bond acceptors (Lipinski definition) is 2. The molecule has 0 saturated carbocycles. The van der Waals surface area contributed by atoms with E-state index in [-0.39, 0.29) is 0 Å². The normalized spacial score (nSPS) is 11.5. The lowest BCUT2D eigenvalue weighted by molar-refractivity contribution is 0.670. The molecule has 0 aliphatic heterocycles. The predicted octanol–water partition coefficient (Wildman–Crippen LogP) is 16.8. The Morgan fingerprint density at radius 2 is 0.794 bits per heavy atom. The highest BCUT2D eigenvalue weighted by Gasteiger charge is 2.22. The molecule has 12 aromatic rings. The van der Waals surface area contributed by atoms with Gasteiger partial charge >= 0.3 is 0 Å². The van der Waals surface area contributed by atoms with Crippen LogP contribution in [-0.4, -0.2) is 4.57 Å². The Morgan fingerprint density at radius 3 is 1.51 bits per heavy atom. The minimum Gasteiger partial charge on any atom is -0.455 e. The molecule has 0 atom stereocenters. The van der Waals surface area contributed by atoms with Crippen molar-refractivity contribution in [3.63, 3.8) is 0 Å². The molecule has 10 aromatic carbocycles. The predicted molar refractivity (Wildman–Crippen MR) is 264 cm³/mol. The van der Waals surface area contributed by atoms with Crippen LogP contribution in [0.5, 0.6) is 0 Å². The standard InChI is InChI=1S/C60H40N2O/c1-2-19-41(20-3-1)46-25-4-5-26-47(46)42-21-16-23-44(39-42)61(56-35-12-9-30-51(56)53-32-18-33-54-52-31-10-15-38-59(52)63-60(53)54)45-24-17-22-43(40-45)48-27-6-11-34-55(48)62-57-36-13-7-28-49(57)50-29-8-14-37-58(50)62/h1-40H. The molecule has 3 nitrogen and oxygen atoms in total. The van der Waals surface area contributed by atoms with Crippen LogP contribution >= 0.6 is 0 Å². The molecule has 2 heterocycles. The molecule has 63 heavy (non-hydrogen) atoms.